The van der Waals surface area contributed by atoms with E-state index in [1.807, 2.05) is 61.3 Å². The van der Waals surface area contributed by atoms with Gasteiger partial charge >= 0.3 is 6.36 Å². The first kappa shape index (κ1) is 25.5. The van der Waals surface area contributed by atoms with Crippen molar-refractivity contribution in [2.45, 2.75) is 45.5 Å². The largest absolute Gasteiger partial charge is 0.573 e. The first-order valence-electron chi connectivity index (χ1n) is 12.0. The summed E-state index contributed by atoms with van der Waals surface area (Å²) in [5.41, 5.74) is 2.62. The minimum atomic E-state index is -4.83. The van der Waals surface area contributed by atoms with Crippen molar-refractivity contribution in [1.29, 1.82) is 0 Å². The molecule has 3 atom stereocenters. The van der Waals surface area contributed by atoms with Gasteiger partial charge < -0.3 is 15.0 Å². The number of hydrogen-bond acceptors (Lipinski definition) is 3. The van der Waals surface area contributed by atoms with Crippen LogP contribution in [0, 0.1) is 25.7 Å². The average molecular weight is 499 g/mol. The van der Waals surface area contributed by atoms with E-state index >= 15 is 0 Å². The number of amides is 2. The molecule has 1 N–H and O–H groups in total. The number of carbonyl (C=O) groups is 2. The summed E-state index contributed by atoms with van der Waals surface area (Å²) >= 11 is 0. The van der Waals surface area contributed by atoms with Gasteiger partial charge in [-0.15, -0.1) is 13.2 Å². The Morgan fingerprint density at radius 2 is 1.78 bits per heavy atom. The van der Waals surface area contributed by atoms with Crippen LogP contribution in [0.15, 0.2) is 66.8 Å². The molecular formula is C28H29F3N2O3. The molecule has 1 aliphatic carbocycles. The lowest BCUT2D eigenvalue weighted by molar-refractivity contribution is -0.274. The minimum absolute atomic E-state index is 0.0563. The number of allylic oxidation sites excluding steroid dienone is 3. The maximum absolute atomic E-state index is 13.8. The van der Waals surface area contributed by atoms with Gasteiger partial charge in [0.05, 0.1) is 12.0 Å². The van der Waals surface area contributed by atoms with Gasteiger partial charge in [0, 0.05) is 29.8 Å². The number of likely N-dealkylation sites (tertiary alicyclic amines) is 1. The molecule has 0 spiro atoms. The van der Waals surface area contributed by atoms with Crippen LogP contribution in [-0.4, -0.2) is 35.7 Å². The van der Waals surface area contributed by atoms with E-state index in [9.17, 15) is 22.8 Å². The molecule has 4 rings (SSSR count). The second-order valence-electron chi connectivity index (χ2n) is 9.28. The van der Waals surface area contributed by atoms with Gasteiger partial charge in [0.25, 0.3) is 5.91 Å². The number of piperidine rings is 1. The Bertz CT molecular complexity index is 1170. The summed E-state index contributed by atoms with van der Waals surface area (Å²) in [6.07, 6.45) is 5.00. The normalized spacial score (nSPS) is 21.8. The van der Waals surface area contributed by atoms with E-state index in [2.05, 4.69) is 10.1 Å². The van der Waals surface area contributed by atoms with E-state index in [0.29, 0.717) is 31.4 Å². The smallest absolute Gasteiger partial charge is 0.406 e. The van der Waals surface area contributed by atoms with Crippen LogP contribution >= 0.6 is 0 Å². The number of nitrogens with zero attached hydrogens (tertiary/aromatic N) is 1. The van der Waals surface area contributed by atoms with Crippen LogP contribution < -0.4 is 10.1 Å². The molecule has 1 fully saturated rings. The molecule has 1 unspecified atom stereocenters. The van der Waals surface area contributed by atoms with Crippen molar-refractivity contribution in [2.24, 2.45) is 11.8 Å². The summed E-state index contributed by atoms with van der Waals surface area (Å²) in [6, 6.07) is 10.6. The van der Waals surface area contributed by atoms with Crippen LogP contribution in [0.1, 0.15) is 40.7 Å². The second kappa shape index (κ2) is 10.6. The number of rotatable bonds is 5. The van der Waals surface area contributed by atoms with Crippen molar-refractivity contribution >= 4 is 17.5 Å². The van der Waals surface area contributed by atoms with Crippen LogP contribution in [0.5, 0.6) is 5.75 Å². The Kier molecular flexibility index (Phi) is 7.52. The summed E-state index contributed by atoms with van der Waals surface area (Å²) in [5, 5.41) is 2.76. The highest BCUT2D eigenvalue weighted by molar-refractivity contribution is 5.99. The first-order valence-corrected chi connectivity index (χ1v) is 12.0. The lowest BCUT2D eigenvalue weighted by atomic mass is 9.77. The number of alkyl halides is 3. The van der Waals surface area contributed by atoms with Gasteiger partial charge in [0.2, 0.25) is 5.91 Å². The third-order valence-corrected chi connectivity index (χ3v) is 6.77. The highest BCUT2D eigenvalue weighted by Crippen LogP contribution is 2.36. The Labute approximate surface area is 208 Å². The van der Waals surface area contributed by atoms with E-state index in [-0.39, 0.29) is 29.5 Å². The molecule has 2 aromatic carbocycles. The Hall–Kier alpha value is -3.55. The molecule has 1 heterocycles. The SMILES string of the molecule is Cc1cccc(C)c1C(=O)N1CCC[C@H](C(=O)Nc2cccc(OC(F)(F)F)c2)[C@@H]1C1C=CC=CC1. The number of hydrogen-bond donors (Lipinski definition) is 1. The topological polar surface area (TPSA) is 58.6 Å². The average Bonchev–Trinajstić information content (AvgIpc) is 2.83. The summed E-state index contributed by atoms with van der Waals surface area (Å²) < 4.78 is 41.9. The van der Waals surface area contributed by atoms with Gasteiger partial charge in [-0.1, -0.05) is 48.6 Å². The molecule has 1 aliphatic heterocycles. The Morgan fingerprint density at radius 3 is 2.44 bits per heavy atom. The van der Waals surface area contributed by atoms with Gasteiger partial charge in [-0.3, -0.25) is 9.59 Å². The van der Waals surface area contributed by atoms with Gasteiger partial charge in [-0.05, 0) is 56.4 Å². The van der Waals surface area contributed by atoms with Gasteiger partial charge in [0.1, 0.15) is 5.75 Å². The molecule has 2 amide bonds. The Morgan fingerprint density at radius 1 is 1.06 bits per heavy atom. The molecule has 0 saturated carbocycles. The van der Waals surface area contributed by atoms with E-state index < -0.39 is 18.0 Å². The maximum atomic E-state index is 13.8. The number of benzene rings is 2. The van der Waals surface area contributed by atoms with E-state index in [4.69, 9.17) is 0 Å². The molecule has 0 radical (unpaired) electrons. The third-order valence-electron chi connectivity index (χ3n) is 6.77. The molecule has 0 bridgehead atoms. The van der Waals surface area contributed by atoms with Crippen molar-refractivity contribution < 1.29 is 27.5 Å². The summed E-state index contributed by atoms with van der Waals surface area (Å²) in [5.74, 6) is -1.42. The molecule has 1 saturated heterocycles. The molecule has 5 nitrogen and oxygen atoms in total. The van der Waals surface area contributed by atoms with Crippen molar-refractivity contribution in [1.82, 2.24) is 4.90 Å². The van der Waals surface area contributed by atoms with Crippen LogP contribution in [0.3, 0.4) is 0 Å². The fourth-order valence-electron chi connectivity index (χ4n) is 5.23. The van der Waals surface area contributed by atoms with Crippen LogP contribution in [0.25, 0.3) is 0 Å². The van der Waals surface area contributed by atoms with Crippen LogP contribution in [0.2, 0.25) is 0 Å². The number of nitrogens with one attached hydrogen (secondary N) is 1. The van der Waals surface area contributed by atoms with Crippen molar-refractivity contribution in [2.75, 3.05) is 11.9 Å². The quantitative estimate of drug-likeness (QED) is 0.535. The van der Waals surface area contributed by atoms with E-state index in [1.54, 1.807) is 0 Å². The number of carbonyl (C=O) groups excluding carboxylic acids is 2. The second-order valence-corrected chi connectivity index (χ2v) is 9.28. The van der Waals surface area contributed by atoms with Crippen molar-refractivity contribution in [3.8, 4) is 5.75 Å². The summed E-state index contributed by atoms with van der Waals surface area (Å²) in [6.45, 7) is 4.34. The zero-order valence-corrected chi connectivity index (χ0v) is 20.2. The lowest BCUT2D eigenvalue weighted by Crippen LogP contribution is -2.55. The third kappa shape index (κ3) is 5.80. The summed E-state index contributed by atoms with van der Waals surface area (Å²) in [4.78, 5) is 29.1. The van der Waals surface area contributed by atoms with E-state index in [0.717, 1.165) is 17.2 Å². The van der Waals surface area contributed by atoms with Gasteiger partial charge in [0.15, 0.2) is 0 Å². The predicted molar refractivity (Wildman–Crippen MR) is 132 cm³/mol. The molecule has 2 aliphatic rings. The fraction of sp³-hybridized carbons (Fsp3) is 0.357. The molecule has 2 aromatic rings. The van der Waals surface area contributed by atoms with Crippen LogP contribution in [-0.2, 0) is 4.79 Å². The first-order chi connectivity index (χ1) is 17.1. The molecule has 8 heteroatoms. The highest BCUT2D eigenvalue weighted by atomic mass is 19.4. The zero-order chi connectivity index (χ0) is 25.9. The number of halogens is 3. The molecular weight excluding hydrogens is 469 g/mol. The van der Waals surface area contributed by atoms with Gasteiger partial charge in [-0.25, -0.2) is 0 Å². The van der Waals surface area contributed by atoms with E-state index in [1.165, 1.54) is 18.2 Å². The van der Waals surface area contributed by atoms with Gasteiger partial charge in [-0.2, -0.15) is 0 Å². The van der Waals surface area contributed by atoms with Crippen molar-refractivity contribution in [3.05, 3.63) is 83.5 Å². The minimum Gasteiger partial charge on any atom is -0.406 e. The predicted octanol–water partition coefficient (Wildman–Crippen LogP) is 6.19. The zero-order valence-electron chi connectivity index (χ0n) is 20.2. The standard InChI is InChI=1S/C28H29F3N2O3/c1-18-9-6-10-19(2)24(18)27(35)33-16-8-15-23(25(33)20-11-4-3-5-12-20)26(34)32-21-13-7-14-22(17-21)36-28(29,30)31/h3-7,9-11,13-14,17,20,23,25H,8,12,15-16H2,1-2H3,(H,32,34)/t20?,23-,25-/m0/s1. The lowest BCUT2D eigenvalue weighted by Gasteiger charge is -2.44. The Balaban J connectivity index is 1.62. The molecule has 36 heavy (non-hydrogen) atoms. The summed E-state index contributed by atoms with van der Waals surface area (Å²) in [7, 11) is 0. The van der Waals surface area contributed by atoms with Crippen LogP contribution in [0.4, 0.5) is 18.9 Å². The fourth-order valence-corrected chi connectivity index (χ4v) is 5.23. The number of ether oxygens (including phenoxy) is 1. The molecule has 190 valence electrons. The number of anilines is 1. The molecule has 0 aromatic heterocycles. The monoisotopic (exact) mass is 498 g/mol. The van der Waals surface area contributed by atoms with Crippen molar-refractivity contribution in [3.63, 3.8) is 0 Å². The maximum Gasteiger partial charge on any atom is 0.573 e. The highest BCUT2D eigenvalue weighted by Gasteiger charge is 2.42. The number of aryl methyl sites for hydroxylation is 2.